The van der Waals surface area contributed by atoms with Crippen LogP contribution in [0.5, 0.6) is 0 Å². The van der Waals surface area contributed by atoms with Gasteiger partial charge in [-0.15, -0.1) is 0 Å². The summed E-state index contributed by atoms with van der Waals surface area (Å²) in [7, 11) is 0. The minimum absolute atomic E-state index is 0.0996. The lowest BCUT2D eigenvalue weighted by Gasteiger charge is -2.30. The number of fused-ring (bicyclic) bond motifs is 1. The second-order valence-electron chi connectivity index (χ2n) is 10.8. The van der Waals surface area contributed by atoms with Crippen LogP contribution in [0.3, 0.4) is 0 Å². The number of ether oxygens (including phenoxy) is 1. The number of anilines is 1. The molecule has 0 aromatic heterocycles. The van der Waals surface area contributed by atoms with Crippen LogP contribution < -0.4 is 16.0 Å². The molecule has 0 saturated heterocycles. The van der Waals surface area contributed by atoms with Crippen molar-refractivity contribution in [2.75, 3.05) is 18.0 Å². The number of halogens is 3. The molecule has 0 bridgehead atoms. The summed E-state index contributed by atoms with van der Waals surface area (Å²) in [6, 6.07) is 21.3. The van der Waals surface area contributed by atoms with Crippen molar-refractivity contribution in [3.8, 4) is 0 Å². The van der Waals surface area contributed by atoms with Crippen LogP contribution >= 0.6 is 0 Å². The number of nitrogens with two attached hydrogens (primary N) is 1. The highest BCUT2D eigenvalue weighted by Crippen LogP contribution is 2.34. The second-order valence-corrected chi connectivity index (χ2v) is 10.8. The van der Waals surface area contributed by atoms with Crippen molar-refractivity contribution >= 4 is 35.4 Å². The predicted molar refractivity (Wildman–Crippen MR) is 164 cm³/mol. The number of carbonyl (C=O) groups is 4. The zero-order valence-electron chi connectivity index (χ0n) is 24.9. The maximum Gasteiger partial charge on any atom is 0.491 e. The topological polar surface area (TPSA) is 146 Å². The number of benzene rings is 3. The second kappa shape index (κ2) is 15.2. The Balaban J connectivity index is 1.68. The zero-order chi connectivity index (χ0) is 33.3. The van der Waals surface area contributed by atoms with Crippen molar-refractivity contribution in [1.29, 1.82) is 5.41 Å². The first-order valence-electron chi connectivity index (χ1n) is 14.7. The van der Waals surface area contributed by atoms with Gasteiger partial charge in [-0.05, 0) is 48.1 Å². The van der Waals surface area contributed by atoms with Gasteiger partial charge >= 0.3 is 18.1 Å². The van der Waals surface area contributed by atoms with Crippen molar-refractivity contribution in [1.82, 2.24) is 10.2 Å². The van der Waals surface area contributed by atoms with Gasteiger partial charge in [-0.1, -0.05) is 73.2 Å². The van der Waals surface area contributed by atoms with E-state index >= 15 is 0 Å². The molecule has 1 aliphatic heterocycles. The number of guanidine groups is 1. The average molecular weight is 638 g/mol. The molecule has 1 heterocycles. The number of nitrogens with zero attached hydrogens (tertiary/aromatic N) is 2. The van der Waals surface area contributed by atoms with Gasteiger partial charge in [0.2, 0.25) is 5.91 Å². The third-order valence-corrected chi connectivity index (χ3v) is 7.45. The van der Waals surface area contributed by atoms with Crippen LogP contribution in [0.4, 0.5) is 18.9 Å². The Bertz CT molecular complexity index is 1570. The summed E-state index contributed by atoms with van der Waals surface area (Å²) >= 11 is 0. The summed E-state index contributed by atoms with van der Waals surface area (Å²) in [6.45, 7) is 0.217. The van der Waals surface area contributed by atoms with Gasteiger partial charge in [0.15, 0.2) is 5.96 Å². The standard InChI is InChI=1S/C33H34F3N5O5/c34-33(35,36)31(45)46-29(43)19-27(24-13-7-2-8-14-24)41-21-28(42)40(20-23-11-4-1-5-12-23)26-16-15-22(18-25(26)30(41)44)10-6-3-9-17-39-32(37)38/h1-2,4-5,7-8,11-16,18,27H,3,6,9-10,17,19-21H2,(H4,37,38,39). The van der Waals surface area contributed by atoms with Crippen LogP contribution in [-0.2, 0) is 32.1 Å². The summed E-state index contributed by atoms with van der Waals surface area (Å²) < 4.78 is 42.6. The fraction of sp³-hybridized carbons (Fsp3) is 0.303. The van der Waals surface area contributed by atoms with E-state index in [9.17, 15) is 32.3 Å². The van der Waals surface area contributed by atoms with E-state index in [2.05, 4.69) is 10.1 Å². The van der Waals surface area contributed by atoms with Crippen LogP contribution in [0.25, 0.3) is 0 Å². The van der Waals surface area contributed by atoms with Gasteiger partial charge < -0.3 is 25.6 Å². The zero-order valence-corrected chi connectivity index (χ0v) is 24.9. The Labute approximate surface area is 263 Å². The smallest absolute Gasteiger partial charge is 0.386 e. The Hall–Kier alpha value is -5.20. The minimum atomic E-state index is -5.39. The van der Waals surface area contributed by atoms with E-state index in [4.69, 9.17) is 11.1 Å². The summed E-state index contributed by atoms with van der Waals surface area (Å²) in [5.74, 6) is -5.33. The number of alkyl halides is 3. The number of carbonyl (C=O) groups excluding carboxylic acids is 4. The molecule has 1 unspecified atom stereocenters. The molecule has 3 aromatic rings. The van der Waals surface area contributed by atoms with Crippen LogP contribution in [-0.4, -0.2) is 53.9 Å². The normalized spacial score (nSPS) is 13.9. The molecule has 1 atom stereocenters. The first-order chi connectivity index (χ1) is 21.9. The molecular formula is C33H34F3N5O5. The van der Waals surface area contributed by atoms with Crippen LogP contribution in [0.1, 0.15) is 58.8 Å². The summed E-state index contributed by atoms with van der Waals surface area (Å²) in [4.78, 5) is 54.8. The lowest BCUT2D eigenvalue weighted by atomic mass is 9.99. The third-order valence-electron chi connectivity index (χ3n) is 7.45. The molecule has 0 fully saturated rings. The average Bonchev–Trinajstić information content (AvgIpc) is 3.12. The van der Waals surface area contributed by atoms with Gasteiger partial charge in [0, 0.05) is 6.54 Å². The Morgan fingerprint density at radius 3 is 2.26 bits per heavy atom. The number of unbranched alkanes of at least 4 members (excludes halogenated alkanes) is 2. The maximum absolute atomic E-state index is 14.3. The molecule has 46 heavy (non-hydrogen) atoms. The van der Waals surface area contributed by atoms with E-state index in [1.54, 1.807) is 42.5 Å². The summed E-state index contributed by atoms with van der Waals surface area (Å²) in [5, 5.41) is 10.00. The molecule has 10 nitrogen and oxygen atoms in total. The maximum atomic E-state index is 14.3. The van der Waals surface area contributed by atoms with E-state index in [1.165, 1.54) is 4.90 Å². The van der Waals surface area contributed by atoms with Crippen molar-refractivity contribution in [3.05, 3.63) is 101 Å². The molecule has 0 saturated carbocycles. The highest BCUT2D eigenvalue weighted by molar-refractivity contribution is 6.10. The van der Waals surface area contributed by atoms with E-state index in [0.29, 0.717) is 24.2 Å². The number of amides is 2. The van der Waals surface area contributed by atoms with E-state index in [1.807, 2.05) is 36.4 Å². The van der Waals surface area contributed by atoms with E-state index in [-0.39, 0.29) is 18.1 Å². The predicted octanol–water partition coefficient (Wildman–Crippen LogP) is 4.63. The van der Waals surface area contributed by atoms with Crippen LogP contribution in [0, 0.1) is 5.41 Å². The monoisotopic (exact) mass is 637 g/mol. The van der Waals surface area contributed by atoms with Gasteiger partial charge in [-0.2, -0.15) is 13.2 Å². The number of nitrogens with one attached hydrogen (secondary N) is 2. The van der Waals surface area contributed by atoms with Crippen molar-refractivity contribution in [2.24, 2.45) is 5.73 Å². The van der Waals surface area contributed by atoms with E-state index in [0.717, 1.165) is 35.3 Å². The molecule has 242 valence electrons. The molecule has 13 heteroatoms. The Kier molecular flexibility index (Phi) is 11.1. The van der Waals surface area contributed by atoms with Crippen molar-refractivity contribution < 1.29 is 37.1 Å². The van der Waals surface area contributed by atoms with Crippen molar-refractivity contribution in [3.63, 3.8) is 0 Å². The third kappa shape index (κ3) is 8.93. The highest BCUT2D eigenvalue weighted by atomic mass is 19.4. The molecule has 4 N–H and O–H groups in total. The lowest BCUT2D eigenvalue weighted by Crippen LogP contribution is -2.42. The molecule has 3 aromatic carbocycles. The van der Waals surface area contributed by atoms with Crippen LogP contribution in [0.15, 0.2) is 78.9 Å². The van der Waals surface area contributed by atoms with Crippen LogP contribution in [0.2, 0.25) is 0 Å². The number of rotatable bonds is 12. The fourth-order valence-corrected chi connectivity index (χ4v) is 5.23. The van der Waals surface area contributed by atoms with E-state index < -0.39 is 48.9 Å². The highest BCUT2D eigenvalue weighted by Gasteiger charge is 2.43. The number of aryl methyl sites for hydroxylation is 1. The molecule has 2 amide bonds. The quantitative estimate of drug-likeness (QED) is 0.0863. The largest absolute Gasteiger partial charge is 0.491 e. The minimum Gasteiger partial charge on any atom is -0.386 e. The van der Waals surface area contributed by atoms with Gasteiger partial charge in [0.05, 0.1) is 30.3 Å². The Morgan fingerprint density at radius 1 is 0.935 bits per heavy atom. The van der Waals surface area contributed by atoms with Gasteiger partial charge in [0.25, 0.3) is 5.91 Å². The summed E-state index contributed by atoms with van der Waals surface area (Å²) in [6.07, 6.45) is -3.19. The van der Waals surface area contributed by atoms with Gasteiger partial charge in [-0.3, -0.25) is 19.8 Å². The number of hydrogen-bond acceptors (Lipinski definition) is 6. The molecule has 0 radical (unpaired) electrons. The molecule has 0 spiro atoms. The first kappa shape index (κ1) is 33.7. The fourth-order valence-electron chi connectivity index (χ4n) is 5.23. The first-order valence-corrected chi connectivity index (χ1v) is 14.7. The number of hydrogen-bond donors (Lipinski definition) is 3. The van der Waals surface area contributed by atoms with Crippen molar-refractivity contribution in [2.45, 2.75) is 50.9 Å². The summed E-state index contributed by atoms with van der Waals surface area (Å²) in [5.41, 5.74) is 7.87. The number of esters is 2. The molecular weight excluding hydrogens is 603 g/mol. The van der Waals surface area contributed by atoms with Gasteiger partial charge in [-0.25, -0.2) is 4.79 Å². The molecule has 1 aliphatic rings. The van der Waals surface area contributed by atoms with Gasteiger partial charge in [0.1, 0.15) is 6.54 Å². The Morgan fingerprint density at radius 2 is 1.61 bits per heavy atom. The lowest BCUT2D eigenvalue weighted by molar-refractivity contribution is -0.202. The molecule has 0 aliphatic carbocycles. The SMILES string of the molecule is N=C(N)NCCCCCc1ccc2c(c1)C(=O)N(C(CC(=O)OC(=O)C(F)(F)F)c1ccccc1)CC(=O)N2Cc1ccccc1. The molecule has 4 rings (SSSR count).